The quantitative estimate of drug-likeness (QED) is 0.771. The van der Waals surface area contributed by atoms with Gasteiger partial charge in [0.2, 0.25) is 0 Å². The van der Waals surface area contributed by atoms with Gasteiger partial charge in [0.25, 0.3) is 5.56 Å². The summed E-state index contributed by atoms with van der Waals surface area (Å²) in [5.41, 5.74) is 4.70. The lowest BCUT2D eigenvalue weighted by molar-refractivity contribution is 0.959. The SMILES string of the molecule is CC1C=CC(c2nc3cc[nH]c(=O)c3cc2-c2ccccc2)=C1. The number of hydrogen-bond acceptors (Lipinski definition) is 2. The maximum absolute atomic E-state index is 12.1. The Bertz CT molecular complexity index is 997. The number of benzene rings is 1. The number of H-pyrrole nitrogens is 1. The molecule has 0 fully saturated rings. The lowest BCUT2D eigenvalue weighted by atomic mass is 9.98. The van der Waals surface area contributed by atoms with Crippen molar-refractivity contribution in [3.05, 3.63) is 82.9 Å². The predicted octanol–water partition coefficient (Wildman–Crippen LogP) is 4.18. The van der Waals surface area contributed by atoms with Crippen molar-refractivity contribution < 1.29 is 0 Å². The summed E-state index contributed by atoms with van der Waals surface area (Å²) in [6.45, 7) is 2.15. The maximum atomic E-state index is 12.1. The third-order valence-corrected chi connectivity index (χ3v) is 4.13. The summed E-state index contributed by atoms with van der Waals surface area (Å²) in [5, 5.41) is 0.616. The Morgan fingerprint density at radius 1 is 1.13 bits per heavy atom. The van der Waals surface area contributed by atoms with Gasteiger partial charge in [-0.1, -0.05) is 55.5 Å². The average Bonchev–Trinajstić information content (AvgIpc) is 3.01. The van der Waals surface area contributed by atoms with Gasteiger partial charge in [-0.15, -0.1) is 0 Å². The van der Waals surface area contributed by atoms with Crippen molar-refractivity contribution in [2.24, 2.45) is 5.92 Å². The van der Waals surface area contributed by atoms with Gasteiger partial charge in [-0.2, -0.15) is 0 Å². The van der Waals surface area contributed by atoms with E-state index in [1.165, 1.54) is 0 Å². The van der Waals surface area contributed by atoms with Crippen molar-refractivity contribution >= 4 is 16.5 Å². The zero-order valence-electron chi connectivity index (χ0n) is 12.8. The molecule has 3 aromatic rings. The molecule has 3 nitrogen and oxygen atoms in total. The van der Waals surface area contributed by atoms with E-state index in [9.17, 15) is 4.79 Å². The minimum absolute atomic E-state index is 0.108. The molecule has 1 unspecified atom stereocenters. The Hall–Kier alpha value is -2.94. The number of pyridine rings is 2. The minimum Gasteiger partial charge on any atom is -0.328 e. The van der Waals surface area contributed by atoms with Crippen LogP contribution in [0.4, 0.5) is 0 Å². The molecule has 1 atom stereocenters. The summed E-state index contributed by atoms with van der Waals surface area (Å²) < 4.78 is 0. The maximum Gasteiger partial charge on any atom is 0.257 e. The molecule has 1 aliphatic rings. The minimum atomic E-state index is -0.108. The number of rotatable bonds is 2. The van der Waals surface area contributed by atoms with Gasteiger partial charge in [0.1, 0.15) is 0 Å². The van der Waals surface area contributed by atoms with Crippen LogP contribution in [-0.2, 0) is 0 Å². The zero-order chi connectivity index (χ0) is 15.8. The van der Waals surface area contributed by atoms with Crippen LogP contribution in [0.25, 0.3) is 27.6 Å². The summed E-state index contributed by atoms with van der Waals surface area (Å²) in [6.07, 6.45) is 8.12. The molecule has 23 heavy (non-hydrogen) atoms. The smallest absolute Gasteiger partial charge is 0.257 e. The summed E-state index contributed by atoms with van der Waals surface area (Å²) in [7, 11) is 0. The molecule has 4 rings (SSSR count). The van der Waals surface area contributed by atoms with Crippen molar-refractivity contribution in [1.29, 1.82) is 0 Å². The molecule has 0 spiro atoms. The number of nitrogens with zero attached hydrogens (tertiary/aromatic N) is 1. The van der Waals surface area contributed by atoms with Crippen LogP contribution in [0.1, 0.15) is 12.6 Å². The lowest BCUT2D eigenvalue weighted by Gasteiger charge is -2.11. The fourth-order valence-electron chi connectivity index (χ4n) is 2.98. The fourth-order valence-corrected chi connectivity index (χ4v) is 2.98. The second-order valence-electron chi connectivity index (χ2n) is 5.83. The largest absolute Gasteiger partial charge is 0.328 e. The Labute approximate surface area is 134 Å². The molecule has 2 heterocycles. The molecular weight excluding hydrogens is 284 g/mol. The second-order valence-corrected chi connectivity index (χ2v) is 5.83. The summed E-state index contributed by atoms with van der Waals surface area (Å²) >= 11 is 0. The van der Waals surface area contributed by atoms with E-state index < -0.39 is 0 Å². The molecular formula is C20H16N2O. The van der Waals surface area contributed by atoms with E-state index in [0.29, 0.717) is 11.3 Å². The van der Waals surface area contributed by atoms with Crippen molar-refractivity contribution in [2.75, 3.05) is 0 Å². The predicted molar refractivity (Wildman–Crippen MR) is 94.1 cm³/mol. The van der Waals surface area contributed by atoms with E-state index in [0.717, 1.165) is 27.9 Å². The van der Waals surface area contributed by atoms with E-state index >= 15 is 0 Å². The third-order valence-electron chi connectivity index (χ3n) is 4.13. The molecule has 0 radical (unpaired) electrons. The van der Waals surface area contributed by atoms with E-state index in [4.69, 9.17) is 4.98 Å². The molecule has 2 aromatic heterocycles. The van der Waals surface area contributed by atoms with E-state index in [1.54, 1.807) is 6.20 Å². The van der Waals surface area contributed by atoms with Crippen molar-refractivity contribution in [3.8, 4) is 11.1 Å². The van der Waals surface area contributed by atoms with Crippen LogP contribution in [0.15, 0.2) is 71.7 Å². The summed E-state index contributed by atoms with van der Waals surface area (Å²) in [4.78, 5) is 19.6. The highest BCUT2D eigenvalue weighted by molar-refractivity contribution is 5.92. The molecule has 112 valence electrons. The van der Waals surface area contributed by atoms with Crippen molar-refractivity contribution in [1.82, 2.24) is 9.97 Å². The molecule has 0 aliphatic heterocycles. The van der Waals surface area contributed by atoms with E-state index in [-0.39, 0.29) is 5.56 Å². The summed E-state index contributed by atoms with van der Waals surface area (Å²) in [5.74, 6) is 0.408. The standard InChI is InChI=1S/C20H16N2O/c1-13-7-8-15(11-13)19-16(14-5-3-2-4-6-14)12-17-18(22-19)9-10-21-20(17)23/h2-13H,1H3,(H,21,23). The number of aromatic nitrogens is 2. The Morgan fingerprint density at radius 3 is 2.70 bits per heavy atom. The first kappa shape index (κ1) is 13.7. The molecule has 0 bridgehead atoms. The topological polar surface area (TPSA) is 45.8 Å². The Morgan fingerprint density at radius 2 is 1.96 bits per heavy atom. The van der Waals surface area contributed by atoms with Gasteiger partial charge in [0, 0.05) is 11.8 Å². The number of hydrogen-bond donors (Lipinski definition) is 1. The van der Waals surface area contributed by atoms with Crippen LogP contribution in [0, 0.1) is 5.92 Å². The van der Waals surface area contributed by atoms with Gasteiger partial charge in [-0.3, -0.25) is 4.79 Å². The number of fused-ring (bicyclic) bond motifs is 1. The highest BCUT2D eigenvalue weighted by Crippen LogP contribution is 2.33. The van der Waals surface area contributed by atoms with Crippen LogP contribution in [0.3, 0.4) is 0 Å². The van der Waals surface area contributed by atoms with E-state index in [1.807, 2.05) is 42.5 Å². The second kappa shape index (κ2) is 5.36. The number of aromatic amines is 1. The molecule has 0 saturated heterocycles. The lowest BCUT2D eigenvalue weighted by Crippen LogP contribution is -2.07. The van der Waals surface area contributed by atoms with Gasteiger partial charge in [0.15, 0.2) is 0 Å². The fraction of sp³-hybridized carbons (Fsp3) is 0.100. The van der Waals surface area contributed by atoms with Crippen LogP contribution >= 0.6 is 0 Å². The highest BCUT2D eigenvalue weighted by atomic mass is 16.1. The van der Waals surface area contributed by atoms with Gasteiger partial charge in [-0.05, 0) is 29.2 Å². The molecule has 0 saturated carbocycles. The van der Waals surface area contributed by atoms with Gasteiger partial charge < -0.3 is 4.98 Å². The van der Waals surface area contributed by atoms with Crippen LogP contribution < -0.4 is 5.56 Å². The van der Waals surface area contributed by atoms with Crippen molar-refractivity contribution in [2.45, 2.75) is 6.92 Å². The molecule has 3 heteroatoms. The zero-order valence-corrected chi connectivity index (χ0v) is 12.8. The van der Waals surface area contributed by atoms with Crippen LogP contribution in [-0.4, -0.2) is 9.97 Å². The van der Waals surface area contributed by atoms with Gasteiger partial charge in [0.05, 0.1) is 16.6 Å². The van der Waals surface area contributed by atoms with Crippen LogP contribution in [0.2, 0.25) is 0 Å². The first-order valence-electron chi connectivity index (χ1n) is 7.70. The molecule has 1 aliphatic carbocycles. The number of allylic oxidation sites excluding steroid dienone is 4. The normalized spacial score (nSPS) is 16.7. The average molecular weight is 300 g/mol. The number of nitrogens with one attached hydrogen (secondary N) is 1. The van der Waals surface area contributed by atoms with Crippen molar-refractivity contribution in [3.63, 3.8) is 0 Å². The van der Waals surface area contributed by atoms with Gasteiger partial charge in [-0.25, -0.2) is 4.98 Å². The molecule has 1 aromatic carbocycles. The molecule has 0 amide bonds. The molecule has 1 N–H and O–H groups in total. The Balaban J connectivity index is 2.05. The van der Waals surface area contributed by atoms with Crippen LogP contribution in [0.5, 0.6) is 0 Å². The monoisotopic (exact) mass is 300 g/mol. The third kappa shape index (κ3) is 2.40. The van der Waals surface area contributed by atoms with Gasteiger partial charge >= 0.3 is 0 Å². The first-order chi connectivity index (χ1) is 11.2. The highest BCUT2D eigenvalue weighted by Gasteiger charge is 2.16. The summed E-state index contributed by atoms with van der Waals surface area (Å²) in [6, 6.07) is 13.9. The Kier molecular flexibility index (Phi) is 3.19. The van der Waals surface area contributed by atoms with E-state index in [2.05, 4.69) is 30.1 Å². The first-order valence-corrected chi connectivity index (χ1v) is 7.70.